The maximum absolute atomic E-state index is 5.71. The molecule has 3 nitrogen and oxygen atoms in total. The average molecular weight is 230 g/mol. The summed E-state index contributed by atoms with van der Waals surface area (Å²) in [4.78, 5) is 0. The fourth-order valence-electron chi connectivity index (χ4n) is 1.76. The van der Waals surface area contributed by atoms with E-state index < -0.39 is 0 Å². The Kier molecular flexibility index (Phi) is 3.91. The molecule has 3 heteroatoms. The molecule has 1 aromatic heterocycles. The lowest BCUT2D eigenvalue weighted by atomic mass is 10.1. The van der Waals surface area contributed by atoms with E-state index >= 15 is 0 Å². The predicted molar refractivity (Wildman–Crippen MR) is 67.7 cm³/mol. The van der Waals surface area contributed by atoms with Gasteiger partial charge in [0.1, 0.15) is 0 Å². The molecular formula is C14H18N2O. The molecule has 0 aliphatic rings. The first-order valence-corrected chi connectivity index (χ1v) is 6.20. The Morgan fingerprint density at radius 1 is 1.18 bits per heavy atom. The van der Waals surface area contributed by atoms with Crippen LogP contribution in [0.3, 0.4) is 0 Å². The zero-order chi connectivity index (χ0) is 12.1. The van der Waals surface area contributed by atoms with Crippen molar-refractivity contribution in [2.45, 2.75) is 39.0 Å². The van der Waals surface area contributed by atoms with Crippen LogP contribution in [0.4, 0.5) is 0 Å². The Hall–Kier alpha value is -1.64. The molecule has 1 aromatic carbocycles. The summed E-state index contributed by atoms with van der Waals surface area (Å²) in [6.45, 7) is 4.33. The lowest BCUT2D eigenvalue weighted by Crippen LogP contribution is -1.93. The Bertz CT molecular complexity index is 450. The quantitative estimate of drug-likeness (QED) is 0.778. The van der Waals surface area contributed by atoms with Crippen LogP contribution in [0.25, 0.3) is 11.5 Å². The monoisotopic (exact) mass is 230 g/mol. The van der Waals surface area contributed by atoms with Crippen molar-refractivity contribution in [3.8, 4) is 11.5 Å². The Morgan fingerprint density at radius 3 is 2.65 bits per heavy atom. The summed E-state index contributed by atoms with van der Waals surface area (Å²) in [5.74, 6) is 1.71. The van der Waals surface area contributed by atoms with E-state index in [4.69, 9.17) is 4.42 Å². The van der Waals surface area contributed by atoms with Crippen molar-refractivity contribution in [3.05, 3.63) is 36.2 Å². The van der Waals surface area contributed by atoms with Crippen LogP contribution in [0.1, 0.15) is 44.9 Å². The van der Waals surface area contributed by atoms with E-state index in [-0.39, 0.29) is 0 Å². The number of nitrogens with zero attached hydrogens (tertiary/aromatic N) is 2. The van der Waals surface area contributed by atoms with Gasteiger partial charge in [-0.1, -0.05) is 44.9 Å². The third-order valence-electron chi connectivity index (χ3n) is 2.87. The van der Waals surface area contributed by atoms with E-state index in [1.807, 2.05) is 30.3 Å². The summed E-state index contributed by atoms with van der Waals surface area (Å²) >= 11 is 0. The van der Waals surface area contributed by atoms with Crippen LogP contribution in [0.5, 0.6) is 0 Å². The van der Waals surface area contributed by atoms with Crippen LogP contribution in [-0.2, 0) is 0 Å². The molecule has 0 fully saturated rings. The van der Waals surface area contributed by atoms with Gasteiger partial charge in [0.15, 0.2) is 0 Å². The van der Waals surface area contributed by atoms with Crippen LogP contribution in [-0.4, -0.2) is 10.2 Å². The number of benzene rings is 1. The standard InChI is InChI=1S/C14H18N2O/c1-3-4-8-11(2)13-15-16-14(17-13)12-9-6-5-7-10-12/h5-7,9-11H,3-4,8H2,1-2H3. The second-order valence-corrected chi connectivity index (χ2v) is 4.35. The van der Waals surface area contributed by atoms with Crippen LogP contribution < -0.4 is 0 Å². The first kappa shape index (κ1) is 11.8. The van der Waals surface area contributed by atoms with Crippen LogP contribution in [0.2, 0.25) is 0 Å². The molecule has 0 amide bonds. The molecule has 2 rings (SSSR count). The molecule has 0 spiro atoms. The van der Waals surface area contributed by atoms with E-state index in [1.54, 1.807) is 0 Å². The van der Waals surface area contributed by atoms with E-state index in [2.05, 4.69) is 24.0 Å². The fourth-order valence-corrected chi connectivity index (χ4v) is 1.76. The van der Waals surface area contributed by atoms with Gasteiger partial charge in [-0.25, -0.2) is 0 Å². The predicted octanol–water partition coefficient (Wildman–Crippen LogP) is 4.03. The van der Waals surface area contributed by atoms with Gasteiger partial charge < -0.3 is 4.42 Å². The Balaban J connectivity index is 2.11. The van der Waals surface area contributed by atoms with Gasteiger partial charge in [0.25, 0.3) is 0 Å². The molecular weight excluding hydrogens is 212 g/mol. The van der Waals surface area contributed by atoms with E-state index in [0.29, 0.717) is 11.8 Å². The molecule has 1 unspecified atom stereocenters. The third-order valence-corrected chi connectivity index (χ3v) is 2.87. The highest BCUT2D eigenvalue weighted by atomic mass is 16.4. The van der Waals surface area contributed by atoms with Gasteiger partial charge in [0, 0.05) is 11.5 Å². The van der Waals surface area contributed by atoms with Gasteiger partial charge in [-0.3, -0.25) is 0 Å². The molecule has 90 valence electrons. The fraction of sp³-hybridized carbons (Fsp3) is 0.429. The lowest BCUT2D eigenvalue weighted by molar-refractivity contribution is 0.447. The summed E-state index contributed by atoms with van der Waals surface area (Å²) in [6, 6.07) is 9.88. The smallest absolute Gasteiger partial charge is 0.247 e. The van der Waals surface area contributed by atoms with Gasteiger partial charge in [0.2, 0.25) is 11.8 Å². The van der Waals surface area contributed by atoms with Gasteiger partial charge in [-0.15, -0.1) is 10.2 Å². The zero-order valence-electron chi connectivity index (χ0n) is 10.4. The summed E-state index contributed by atoms with van der Waals surface area (Å²) in [7, 11) is 0. The first-order chi connectivity index (χ1) is 8.31. The first-order valence-electron chi connectivity index (χ1n) is 6.20. The van der Waals surface area contributed by atoms with E-state index in [1.165, 1.54) is 12.8 Å². The van der Waals surface area contributed by atoms with E-state index in [0.717, 1.165) is 17.9 Å². The van der Waals surface area contributed by atoms with Crippen molar-refractivity contribution in [1.29, 1.82) is 0 Å². The van der Waals surface area contributed by atoms with Crippen molar-refractivity contribution >= 4 is 0 Å². The number of unbranched alkanes of at least 4 members (excludes halogenated alkanes) is 1. The highest BCUT2D eigenvalue weighted by Gasteiger charge is 2.14. The minimum atomic E-state index is 0.347. The molecule has 0 aliphatic carbocycles. The maximum atomic E-state index is 5.71. The minimum Gasteiger partial charge on any atom is -0.420 e. The molecule has 0 bridgehead atoms. The highest BCUT2D eigenvalue weighted by molar-refractivity contribution is 5.51. The second-order valence-electron chi connectivity index (χ2n) is 4.35. The average Bonchev–Trinajstić information content (AvgIpc) is 2.86. The van der Waals surface area contributed by atoms with Crippen molar-refractivity contribution in [3.63, 3.8) is 0 Å². The third kappa shape index (κ3) is 2.93. The topological polar surface area (TPSA) is 38.9 Å². The Morgan fingerprint density at radius 2 is 1.94 bits per heavy atom. The molecule has 0 N–H and O–H groups in total. The maximum Gasteiger partial charge on any atom is 0.247 e. The van der Waals surface area contributed by atoms with Crippen molar-refractivity contribution in [2.24, 2.45) is 0 Å². The van der Waals surface area contributed by atoms with Gasteiger partial charge in [0.05, 0.1) is 0 Å². The van der Waals surface area contributed by atoms with Crippen molar-refractivity contribution < 1.29 is 4.42 Å². The zero-order valence-corrected chi connectivity index (χ0v) is 10.4. The molecule has 0 aliphatic heterocycles. The van der Waals surface area contributed by atoms with Crippen LogP contribution in [0.15, 0.2) is 34.7 Å². The Labute approximate surface area is 102 Å². The minimum absolute atomic E-state index is 0.347. The summed E-state index contributed by atoms with van der Waals surface area (Å²) in [5.41, 5.74) is 0.981. The number of hydrogen-bond acceptors (Lipinski definition) is 3. The molecule has 2 aromatic rings. The van der Waals surface area contributed by atoms with Crippen LogP contribution in [0, 0.1) is 0 Å². The lowest BCUT2D eigenvalue weighted by Gasteiger charge is -2.04. The number of aromatic nitrogens is 2. The summed E-state index contributed by atoms with van der Waals surface area (Å²) in [5, 5.41) is 8.23. The van der Waals surface area contributed by atoms with Crippen molar-refractivity contribution in [1.82, 2.24) is 10.2 Å². The normalized spacial score (nSPS) is 12.6. The highest BCUT2D eigenvalue weighted by Crippen LogP contribution is 2.24. The summed E-state index contributed by atoms with van der Waals surface area (Å²) < 4.78 is 5.71. The summed E-state index contributed by atoms with van der Waals surface area (Å²) in [6.07, 6.45) is 3.50. The largest absolute Gasteiger partial charge is 0.420 e. The molecule has 17 heavy (non-hydrogen) atoms. The molecule has 1 atom stereocenters. The second kappa shape index (κ2) is 5.62. The molecule has 1 heterocycles. The SMILES string of the molecule is CCCCC(C)c1nnc(-c2ccccc2)o1. The van der Waals surface area contributed by atoms with Crippen LogP contribution >= 0.6 is 0 Å². The number of rotatable bonds is 5. The van der Waals surface area contributed by atoms with Gasteiger partial charge in [-0.05, 0) is 18.6 Å². The van der Waals surface area contributed by atoms with Crippen molar-refractivity contribution in [2.75, 3.05) is 0 Å². The molecule has 0 saturated heterocycles. The van der Waals surface area contributed by atoms with Gasteiger partial charge in [-0.2, -0.15) is 0 Å². The molecule has 0 radical (unpaired) electrons. The van der Waals surface area contributed by atoms with Gasteiger partial charge >= 0.3 is 0 Å². The molecule has 0 saturated carbocycles. The number of hydrogen-bond donors (Lipinski definition) is 0. The van der Waals surface area contributed by atoms with E-state index in [9.17, 15) is 0 Å².